The standard InChI is InChI=1S/C39H56N8O11/c1-23(2)18-28(43-37(50)32-14-11-17-45(32)31-16-15-27(46(53)54)20-33(31)47(55)56)35(48)41-21-30(39(52)57-7)42-29(19-24(3)4)36(49)44-34(38(51)40-6)25(5)58-22-26-12-9-8-10-13-26/h8-10,12-13,15-16,20,23-25,28-30,32,34,42H,11,14,17-19,21-22H2,1-7H3,(H,40,51)(H,41,48)(H,43,50)(H,44,49)/t25-,28+,29+,30-,32+,34+/m1/s1. The van der Waals surface area contributed by atoms with Crippen molar-refractivity contribution >= 4 is 46.7 Å². The number of hydrogen-bond donors (Lipinski definition) is 5. The van der Waals surface area contributed by atoms with Gasteiger partial charge in [-0.3, -0.25) is 49.5 Å². The summed E-state index contributed by atoms with van der Waals surface area (Å²) >= 11 is 0. The molecule has 1 aliphatic rings. The number of carbonyl (C=O) groups is 5. The van der Waals surface area contributed by atoms with Crippen LogP contribution in [0.15, 0.2) is 48.5 Å². The average molecular weight is 813 g/mol. The lowest BCUT2D eigenvalue weighted by atomic mass is 10.0. The van der Waals surface area contributed by atoms with Gasteiger partial charge in [0.05, 0.1) is 41.8 Å². The molecule has 2 aromatic rings. The van der Waals surface area contributed by atoms with Crippen molar-refractivity contribution in [2.24, 2.45) is 11.8 Å². The third-order valence-electron chi connectivity index (χ3n) is 9.62. The number of carbonyl (C=O) groups excluding carboxylic acids is 5. The minimum Gasteiger partial charge on any atom is -0.468 e. The molecule has 19 nitrogen and oxygen atoms in total. The molecule has 0 unspecified atom stereocenters. The highest BCUT2D eigenvalue weighted by Crippen LogP contribution is 2.36. The monoisotopic (exact) mass is 812 g/mol. The number of non-ortho nitro benzene ring substituents is 1. The molecular formula is C39H56N8O11. The fraction of sp³-hybridized carbons (Fsp3) is 0.564. The zero-order chi connectivity index (χ0) is 43.1. The number of amides is 4. The number of nitrogens with zero attached hydrogens (tertiary/aromatic N) is 3. The van der Waals surface area contributed by atoms with Crippen LogP contribution >= 0.6 is 0 Å². The highest BCUT2D eigenvalue weighted by Gasteiger charge is 2.38. The number of hydrogen-bond acceptors (Lipinski definition) is 13. The zero-order valence-electron chi connectivity index (χ0n) is 34.0. The van der Waals surface area contributed by atoms with Crippen molar-refractivity contribution in [2.45, 2.75) is 103 Å². The van der Waals surface area contributed by atoms with E-state index in [9.17, 15) is 44.2 Å². The largest absolute Gasteiger partial charge is 0.468 e. The molecule has 1 fully saturated rings. The molecule has 2 aromatic carbocycles. The van der Waals surface area contributed by atoms with E-state index in [1.165, 1.54) is 18.0 Å². The van der Waals surface area contributed by atoms with Gasteiger partial charge in [0.1, 0.15) is 29.9 Å². The Morgan fingerprint density at radius 2 is 1.50 bits per heavy atom. The van der Waals surface area contributed by atoms with Crippen LogP contribution in [0.4, 0.5) is 17.1 Å². The number of methoxy groups -OCH3 is 1. The first kappa shape index (κ1) is 46.7. The lowest BCUT2D eigenvalue weighted by Gasteiger charge is -2.30. The Kier molecular flexibility index (Phi) is 18.0. The van der Waals surface area contributed by atoms with E-state index >= 15 is 0 Å². The van der Waals surface area contributed by atoms with Gasteiger partial charge < -0.3 is 35.6 Å². The second kappa shape index (κ2) is 22.3. The fourth-order valence-electron chi connectivity index (χ4n) is 6.66. The normalized spacial score (nSPS) is 16.4. The molecule has 0 aliphatic carbocycles. The summed E-state index contributed by atoms with van der Waals surface area (Å²) in [6.07, 6.45) is 0.496. The molecule has 1 saturated heterocycles. The maximum atomic E-state index is 13.8. The number of nitro benzene ring substituents is 2. The first-order valence-corrected chi connectivity index (χ1v) is 19.3. The summed E-state index contributed by atoms with van der Waals surface area (Å²) in [6, 6.07) is 7.23. The van der Waals surface area contributed by atoms with Gasteiger partial charge in [-0.1, -0.05) is 58.0 Å². The highest BCUT2D eigenvalue weighted by atomic mass is 16.6. The third kappa shape index (κ3) is 13.5. The first-order valence-electron chi connectivity index (χ1n) is 19.3. The molecule has 318 valence electrons. The number of esters is 1. The molecule has 0 bridgehead atoms. The van der Waals surface area contributed by atoms with Gasteiger partial charge in [0, 0.05) is 26.2 Å². The molecule has 0 radical (unpaired) electrons. The molecule has 3 rings (SSSR count). The molecule has 5 N–H and O–H groups in total. The van der Waals surface area contributed by atoms with E-state index in [-0.39, 0.29) is 50.1 Å². The summed E-state index contributed by atoms with van der Waals surface area (Å²) in [4.78, 5) is 90.5. The lowest BCUT2D eigenvalue weighted by molar-refractivity contribution is -0.393. The highest BCUT2D eigenvalue weighted by molar-refractivity contribution is 5.93. The van der Waals surface area contributed by atoms with Gasteiger partial charge in [0.2, 0.25) is 23.6 Å². The summed E-state index contributed by atoms with van der Waals surface area (Å²) in [5.74, 6) is -3.18. The number of benzene rings is 2. The quantitative estimate of drug-likeness (QED) is 0.0652. The minimum atomic E-state index is -1.22. The van der Waals surface area contributed by atoms with E-state index in [0.29, 0.717) is 12.8 Å². The predicted molar refractivity (Wildman–Crippen MR) is 213 cm³/mol. The first-order chi connectivity index (χ1) is 27.5. The van der Waals surface area contributed by atoms with Crippen LogP contribution < -0.4 is 31.5 Å². The molecule has 1 heterocycles. The van der Waals surface area contributed by atoms with Crippen molar-refractivity contribution < 1.29 is 43.3 Å². The Balaban J connectivity index is 1.76. The SMILES string of the molecule is CNC(=O)[C@@H](NC(=O)[C@H](CC(C)C)N[C@H](CNC(=O)[C@H](CC(C)C)NC(=O)[C@@H]1CCCN1c1ccc([N+](=O)[O-])cc1[N+](=O)[O-])C(=O)OC)[C@@H](C)OCc1ccccc1. The number of nitrogens with one attached hydrogen (secondary N) is 5. The van der Waals surface area contributed by atoms with E-state index in [4.69, 9.17) is 9.47 Å². The van der Waals surface area contributed by atoms with Gasteiger partial charge in [-0.15, -0.1) is 0 Å². The van der Waals surface area contributed by atoms with Crippen molar-refractivity contribution in [3.05, 3.63) is 74.3 Å². The van der Waals surface area contributed by atoms with Crippen LogP contribution in [0.3, 0.4) is 0 Å². The van der Waals surface area contributed by atoms with Gasteiger partial charge in [0.25, 0.3) is 11.4 Å². The number of ether oxygens (including phenoxy) is 2. The van der Waals surface area contributed by atoms with Crippen LogP contribution in [0, 0.1) is 32.1 Å². The zero-order valence-corrected chi connectivity index (χ0v) is 34.0. The minimum absolute atomic E-state index is 0.0425. The number of anilines is 1. The number of rotatable bonds is 22. The maximum Gasteiger partial charge on any atom is 0.324 e. The van der Waals surface area contributed by atoms with Crippen molar-refractivity contribution in [1.29, 1.82) is 0 Å². The predicted octanol–water partition coefficient (Wildman–Crippen LogP) is 2.50. The summed E-state index contributed by atoms with van der Waals surface area (Å²) in [6.45, 7) is 9.24. The Bertz CT molecular complexity index is 1760. The summed E-state index contributed by atoms with van der Waals surface area (Å²) < 4.78 is 10.9. The molecule has 58 heavy (non-hydrogen) atoms. The average Bonchev–Trinajstić information content (AvgIpc) is 3.69. The van der Waals surface area contributed by atoms with Crippen molar-refractivity contribution in [2.75, 3.05) is 32.1 Å². The molecule has 0 aromatic heterocycles. The Labute approximate surface area is 337 Å². The lowest BCUT2D eigenvalue weighted by Crippen LogP contribution is -2.60. The van der Waals surface area contributed by atoms with Crippen LogP contribution in [0.1, 0.15) is 65.9 Å². The van der Waals surface area contributed by atoms with E-state index in [1.807, 2.05) is 58.0 Å². The molecule has 6 atom stereocenters. The van der Waals surface area contributed by atoms with E-state index in [0.717, 1.165) is 24.8 Å². The third-order valence-corrected chi connectivity index (χ3v) is 9.62. The van der Waals surface area contributed by atoms with Crippen LogP contribution in [0.25, 0.3) is 0 Å². The second-order valence-electron chi connectivity index (χ2n) is 15.0. The summed E-state index contributed by atoms with van der Waals surface area (Å²) in [7, 11) is 2.60. The molecule has 19 heteroatoms. The van der Waals surface area contributed by atoms with E-state index < -0.39 is 87.1 Å². The maximum absolute atomic E-state index is 13.8. The molecular weight excluding hydrogens is 756 g/mol. The van der Waals surface area contributed by atoms with Gasteiger partial charge in [-0.05, 0) is 56.1 Å². The number of nitro groups is 2. The van der Waals surface area contributed by atoms with Crippen molar-refractivity contribution in [3.63, 3.8) is 0 Å². The van der Waals surface area contributed by atoms with Crippen LogP contribution in [0.5, 0.6) is 0 Å². The summed E-state index contributed by atoms with van der Waals surface area (Å²) in [5, 5.41) is 36.9. The Morgan fingerprint density at radius 1 is 0.845 bits per heavy atom. The molecule has 0 spiro atoms. The van der Waals surface area contributed by atoms with E-state index in [2.05, 4.69) is 26.6 Å². The molecule has 1 aliphatic heterocycles. The van der Waals surface area contributed by atoms with Crippen LogP contribution in [0.2, 0.25) is 0 Å². The topological polar surface area (TPSA) is 253 Å². The van der Waals surface area contributed by atoms with Gasteiger partial charge in [-0.25, -0.2) is 0 Å². The van der Waals surface area contributed by atoms with Gasteiger partial charge >= 0.3 is 5.97 Å². The molecule has 4 amide bonds. The summed E-state index contributed by atoms with van der Waals surface area (Å²) in [5.41, 5.74) is -0.0675. The second-order valence-corrected chi connectivity index (χ2v) is 15.0. The van der Waals surface area contributed by atoms with Gasteiger partial charge in [-0.2, -0.15) is 0 Å². The van der Waals surface area contributed by atoms with Crippen LogP contribution in [-0.4, -0.2) is 103 Å². The van der Waals surface area contributed by atoms with Crippen molar-refractivity contribution in [1.82, 2.24) is 26.6 Å². The van der Waals surface area contributed by atoms with E-state index in [1.54, 1.807) is 6.92 Å². The smallest absolute Gasteiger partial charge is 0.324 e. The van der Waals surface area contributed by atoms with Crippen molar-refractivity contribution in [3.8, 4) is 0 Å². The molecule has 0 saturated carbocycles. The fourth-order valence-corrected chi connectivity index (χ4v) is 6.66. The number of likely N-dealkylation sites (N-methyl/N-ethyl adjacent to an activating group) is 1. The Morgan fingerprint density at radius 3 is 2.09 bits per heavy atom. The van der Waals surface area contributed by atoms with Crippen LogP contribution in [-0.2, 0) is 40.1 Å². The van der Waals surface area contributed by atoms with Gasteiger partial charge in [0.15, 0.2) is 0 Å². The Hall–Kier alpha value is -5.69.